The van der Waals surface area contributed by atoms with E-state index in [0.29, 0.717) is 12.5 Å². The number of aromatic nitrogens is 2. The molecule has 0 aliphatic heterocycles. The Morgan fingerprint density at radius 1 is 1.33 bits per heavy atom. The summed E-state index contributed by atoms with van der Waals surface area (Å²) in [5, 5.41) is 0. The van der Waals surface area contributed by atoms with E-state index < -0.39 is 0 Å². The second kappa shape index (κ2) is 5.65. The highest BCUT2D eigenvalue weighted by molar-refractivity contribution is 5.32. The molecule has 1 aromatic rings. The number of anilines is 1. The fraction of sp³-hybridized carbons (Fsp3) is 0.714. The van der Waals surface area contributed by atoms with Crippen LogP contribution < -0.4 is 10.6 Å². The molecule has 18 heavy (non-hydrogen) atoms. The molecule has 0 bridgehead atoms. The van der Waals surface area contributed by atoms with E-state index in [1.165, 1.54) is 0 Å². The molecule has 0 aliphatic carbocycles. The molecular formula is C14H26N4. The molecule has 102 valence electrons. The van der Waals surface area contributed by atoms with Crippen molar-refractivity contribution in [1.82, 2.24) is 9.97 Å². The fourth-order valence-corrected chi connectivity index (χ4v) is 1.82. The largest absolute Gasteiger partial charge is 0.343 e. The van der Waals surface area contributed by atoms with Gasteiger partial charge < -0.3 is 10.6 Å². The standard InChI is InChI=1S/C14H26N4/c1-10(2)12-7-11(3)16-13(17-12)18(6)9-14(4,5)8-15/h7,10H,8-9,15H2,1-6H3. The van der Waals surface area contributed by atoms with Crippen molar-refractivity contribution in [1.29, 1.82) is 0 Å². The molecular weight excluding hydrogens is 224 g/mol. The van der Waals surface area contributed by atoms with Crippen molar-refractivity contribution in [3.8, 4) is 0 Å². The summed E-state index contributed by atoms with van der Waals surface area (Å²) >= 11 is 0. The monoisotopic (exact) mass is 250 g/mol. The quantitative estimate of drug-likeness (QED) is 0.871. The SMILES string of the molecule is Cc1cc(C(C)C)nc(N(C)CC(C)(C)CN)n1. The molecule has 0 saturated carbocycles. The minimum atomic E-state index is 0.0693. The van der Waals surface area contributed by atoms with Crippen molar-refractivity contribution in [3.05, 3.63) is 17.5 Å². The lowest BCUT2D eigenvalue weighted by molar-refractivity contribution is 0.383. The minimum Gasteiger partial charge on any atom is -0.343 e. The lowest BCUT2D eigenvalue weighted by Gasteiger charge is -2.29. The lowest BCUT2D eigenvalue weighted by atomic mass is 9.93. The highest BCUT2D eigenvalue weighted by Crippen LogP contribution is 2.20. The zero-order valence-corrected chi connectivity index (χ0v) is 12.5. The van der Waals surface area contributed by atoms with Crippen LogP contribution in [0.15, 0.2) is 6.07 Å². The van der Waals surface area contributed by atoms with Gasteiger partial charge in [0, 0.05) is 25.0 Å². The third-order valence-corrected chi connectivity index (χ3v) is 3.01. The van der Waals surface area contributed by atoms with E-state index in [9.17, 15) is 0 Å². The van der Waals surface area contributed by atoms with E-state index in [1.807, 2.05) is 14.0 Å². The third-order valence-electron chi connectivity index (χ3n) is 3.01. The van der Waals surface area contributed by atoms with Gasteiger partial charge in [-0.15, -0.1) is 0 Å². The number of nitrogens with zero attached hydrogens (tertiary/aromatic N) is 3. The second-order valence-corrected chi connectivity index (χ2v) is 6.11. The third kappa shape index (κ3) is 3.95. The Kier molecular flexibility index (Phi) is 4.68. The summed E-state index contributed by atoms with van der Waals surface area (Å²) in [6, 6.07) is 2.05. The van der Waals surface area contributed by atoms with Crippen molar-refractivity contribution in [3.63, 3.8) is 0 Å². The molecule has 0 unspecified atom stereocenters. The molecule has 1 rings (SSSR count). The number of rotatable bonds is 5. The molecule has 2 N–H and O–H groups in total. The summed E-state index contributed by atoms with van der Waals surface area (Å²) in [5.74, 6) is 1.21. The zero-order chi connectivity index (χ0) is 13.9. The van der Waals surface area contributed by atoms with Gasteiger partial charge in [0.1, 0.15) is 0 Å². The predicted molar refractivity (Wildman–Crippen MR) is 77.0 cm³/mol. The average molecular weight is 250 g/mol. The first-order valence-electron chi connectivity index (χ1n) is 6.52. The van der Waals surface area contributed by atoms with Gasteiger partial charge >= 0.3 is 0 Å². The maximum absolute atomic E-state index is 5.77. The van der Waals surface area contributed by atoms with E-state index in [2.05, 4.69) is 48.6 Å². The first-order chi connectivity index (χ1) is 8.25. The van der Waals surface area contributed by atoms with Crippen molar-refractivity contribution >= 4 is 5.95 Å². The maximum atomic E-state index is 5.77. The summed E-state index contributed by atoms with van der Waals surface area (Å²) < 4.78 is 0. The molecule has 0 atom stereocenters. The van der Waals surface area contributed by atoms with Gasteiger partial charge in [-0.2, -0.15) is 0 Å². The summed E-state index contributed by atoms with van der Waals surface area (Å²) in [6.45, 7) is 12.1. The van der Waals surface area contributed by atoms with Gasteiger partial charge in [0.25, 0.3) is 0 Å². The molecule has 0 radical (unpaired) electrons. The molecule has 0 saturated heterocycles. The first-order valence-corrected chi connectivity index (χ1v) is 6.52. The van der Waals surface area contributed by atoms with Crippen LogP contribution in [0.3, 0.4) is 0 Å². The van der Waals surface area contributed by atoms with E-state index in [0.717, 1.165) is 23.9 Å². The van der Waals surface area contributed by atoms with E-state index in [4.69, 9.17) is 5.73 Å². The topological polar surface area (TPSA) is 55.0 Å². The van der Waals surface area contributed by atoms with Crippen LogP contribution in [0.2, 0.25) is 0 Å². The summed E-state index contributed by atoms with van der Waals surface area (Å²) in [5.41, 5.74) is 7.95. The van der Waals surface area contributed by atoms with Gasteiger partial charge in [0.2, 0.25) is 5.95 Å². The van der Waals surface area contributed by atoms with Crippen LogP contribution >= 0.6 is 0 Å². The smallest absolute Gasteiger partial charge is 0.225 e. The Labute approximate surface area is 111 Å². The molecule has 4 nitrogen and oxygen atoms in total. The number of aryl methyl sites for hydroxylation is 1. The van der Waals surface area contributed by atoms with Gasteiger partial charge in [0.05, 0.1) is 0 Å². The maximum Gasteiger partial charge on any atom is 0.225 e. The van der Waals surface area contributed by atoms with Crippen LogP contribution in [0.1, 0.15) is 45.0 Å². The molecule has 0 spiro atoms. The van der Waals surface area contributed by atoms with Crippen LogP contribution in [0.4, 0.5) is 5.95 Å². The van der Waals surface area contributed by atoms with Gasteiger partial charge in [-0.1, -0.05) is 27.7 Å². The van der Waals surface area contributed by atoms with Crippen molar-refractivity contribution in [2.24, 2.45) is 11.1 Å². The van der Waals surface area contributed by atoms with E-state index in [1.54, 1.807) is 0 Å². The highest BCUT2D eigenvalue weighted by Gasteiger charge is 2.20. The number of nitrogens with two attached hydrogens (primary N) is 1. The summed E-state index contributed by atoms with van der Waals surface area (Å²) in [4.78, 5) is 11.2. The molecule has 0 fully saturated rings. The highest BCUT2D eigenvalue weighted by atomic mass is 15.2. The van der Waals surface area contributed by atoms with Gasteiger partial charge in [-0.3, -0.25) is 0 Å². The van der Waals surface area contributed by atoms with Crippen LogP contribution in [-0.2, 0) is 0 Å². The molecule has 0 amide bonds. The van der Waals surface area contributed by atoms with Gasteiger partial charge in [-0.05, 0) is 30.9 Å². The van der Waals surface area contributed by atoms with Crippen LogP contribution in [0.5, 0.6) is 0 Å². The Bertz CT molecular complexity index is 399. The van der Waals surface area contributed by atoms with Crippen molar-refractivity contribution in [2.75, 3.05) is 25.0 Å². The van der Waals surface area contributed by atoms with Crippen molar-refractivity contribution < 1.29 is 0 Å². The van der Waals surface area contributed by atoms with E-state index >= 15 is 0 Å². The summed E-state index contributed by atoms with van der Waals surface area (Å²) in [7, 11) is 2.02. The van der Waals surface area contributed by atoms with Crippen LogP contribution in [0, 0.1) is 12.3 Å². The predicted octanol–water partition coefficient (Wildman–Crippen LogP) is 2.33. The van der Waals surface area contributed by atoms with E-state index in [-0.39, 0.29) is 5.41 Å². The molecule has 0 aromatic carbocycles. The van der Waals surface area contributed by atoms with Crippen molar-refractivity contribution in [2.45, 2.75) is 40.5 Å². The Morgan fingerprint density at radius 2 is 1.94 bits per heavy atom. The Balaban J connectivity index is 2.95. The van der Waals surface area contributed by atoms with Gasteiger partial charge in [-0.25, -0.2) is 9.97 Å². The minimum absolute atomic E-state index is 0.0693. The Morgan fingerprint density at radius 3 is 2.44 bits per heavy atom. The number of hydrogen-bond acceptors (Lipinski definition) is 4. The normalized spacial score (nSPS) is 12.0. The Hall–Kier alpha value is -1.16. The summed E-state index contributed by atoms with van der Waals surface area (Å²) in [6.07, 6.45) is 0. The lowest BCUT2D eigenvalue weighted by Crippen LogP contribution is -2.37. The molecule has 0 aliphatic rings. The first kappa shape index (κ1) is 14.9. The molecule has 1 aromatic heterocycles. The van der Waals surface area contributed by atoms with Crippen LogP contribution in [-0.4, -0.2) is 30.1 Å². The second-order valence-electron chi connectivity index (χ2n) is 6.11. The zero-order valence-electron chi connectivity index (χ0n) is 12.5. The number of hydrogen-bond donors (Lipinski definition) is 1. The molecule has 4 heteroatoms. The fourth-order valence-electron chi connectivity index (χ4n) is 1.82. The van der Waals surface area contributed by atoms with Gasteiger partial charge in [0.15, 0.2) is 0 Å². The molecule has 1 heterocycles. The average Bonchev–Trinajstić information content (AvgIpc) is 2.27. The van der Waals surface area contributed by atoms with Crippen LogP contribution in [0.25, 0.3) is 0 Å².